The molecule has 0 aliphatic carbocycles. The first-order valence-electron chi connectivity index (χ1n) is 4.65. The first-order valence-corrected chi connectivity index (χ1v) is 5.41. The third-order valence-corrected chi connectivity index (χ3v) is 2.54. The van der Waals surface area contributed by atoms with E-state index in [1.807, 2.05) is 6.92 Å². The van der Waals surface area contributed by atoms with Gasteiger partial charge in [0, 0.05) is 19.3 Å². The minimum atomic E-state index is -0.254. The Hall–Kier alpha value is -0.840. The van der Waals surface area contributed by atoms with E-state index in [1.54, 1.807) is 7.11 Å². The Balaban J connectivity index is 2.69. The minimum absolute atomic E-state index is 0.0769. The summed E-state index contributed by atoms with van der Waals surface area (Å²) in [6.45, 7) is 2.28. The predicted molar refractivity (Wildman–Crippen MR) is 63.1 cm³/mol. The zero-order valence-corrected chi connectivity index (χ0v) is 10.5. The van der Waals surface area contributed by atoms with E-state index in [1.165, 1.54) is 12.3 Å². The summed E-state index contributed by atoms with van der Waals surface area (Å²) in [5.41, 5.74) is 0.373. The number of nitrogens with zero attached hydrogens (tertiary/aromatic N) is 1. The molecule has 1 unspecified atom stereocenters. The fourth-order valence-electron chi connectivity index (χ4n) is 1.14. The van der Waals surface area contributed by atoms with E-state index in [0.717, 1.165) is 0 Å². The highest BCUT2D eigenvalue weighted by molar-refractivity contribution is 6.41. The number of nitrogens with one attached hydrogen (secondary N) is 1. The van der Waals surface area contributed by atoms with Crippen molar-refractivity contribution >= 4 is 29.1 Å². The molecule has 0 fully saturated rings. The van der Waals surface area contributed by atoms with Crippen LogP contribution in [0, 0.1) is 0 Å². The number of aromatic nitrogens is 1. The van der Waals surface area contributed by atoms with Gasteiger partial charge in [-0.25, -0.2) is 4.98 Å². The summed E-state index contributed by atoms with van der Waals surface area (Å²) in [5.74, 6) is -0.254. The Bertz CT molecular complexity index is 385. The van der Waals surface area contributed by atoms with E-state index >= 15 is 0 Å². The van der Waals surface area contributed by atoms with E-state index < -0.39 is 0 Å². The van der Waals surface area contributed by atoms with Gasteiger partial charge in [-0.05, 0) is 13.0 Å². The topological polar surface area (TPSA) is 51.2 Å². The van der Waals surface area contributed by atoms with Crippen molar-refractivity contribution in [2.24, 2.45) is 0 Å². The van der Waals surface area contributed by atoms with Crippen LogP contribution in [-0.2, 0) is 4.74 Å². The molecule has 1 aromatic rings. The van der Waals surface area contributed by atoms with Gasteiger partial charge in [-0.2, -0.15) is 0 Å². The minimum Gasteiger partial charge on any atom is -0.383 e. The second-order valence-corrected chi connectivity index (χ2v) is 4.09. The number of methoxy groups -OCH3 is 1. The van der Waals surface area contributed by atoms with Gasteiger partial charge in [0.2, 0.25) is 0 Å². The maximum Gasteiger partial charge on any atom is 0.253 e. The summed E-state index contributed by atoms with van der Waals surface area (Å²) < 4.78 is 4.91. The van der Waals surface area contributed by atoms with Crippen LogP contribution in [0.3, 0.4) is 0 Å². The summed E-state index contributed by atoms with van der Waals surface area (Å²) in [6, 6.07) is 1.40. The molecule has 1 rings (SSSR count). The standard InChI is InChI=1S/C10H12Cl2N2O2/c1-6(5-16-2)14-10(15)7-3-8(11)9(12)13-4-7/h3-4,6H,5H2,1-2H3,(H,14,15). The highest BCUT2D eigenvalue weighted by Gasteiger charge is 2.11. The predicted octanol–water partition coefficient (Wildman–Crippen LogP) is 2.15. The van der Waals surface area contributed by atoms with Crippen LogP contribution in [0.1, 0.15) is 17.3 Å². The third-order valence-electron chi connectivity index (χ3n) is 1.85. The zero-order valence-electron chi connectivity index (χ0n) is 8.96. The molecule has 0 aromatic carbocycles. The van der Waals surface area contributed by atoms with Gasteiger partial charge in [0.25, 0.3) is 5.91 Å². The van der Waals surface area contributed by atoms with Crippen LogP contribution in [0.2, 0.25) is 10.2 Å². The van der Waals surface area contributed by atoms with Crippen LogP contribution < -0.4 is 5.32 Å². The van der Waals surface area contributed by atoms with Gasteiger partial charge in [-0.15, -0.1) is 0 Å². The molecule has 88 valence electrons. The van der Waals surface area contributed by atoms with Crippen LogP contribution in [0.25, 0.3) is 0 Å². The second-order valence-electron chi connectivity index (χ2n) is 3.33. The van der Waals surface area contributed by atoms with E-state index in [0.29, 0.717) is 12.2 Å². The molecule has 4 nitrogen and oxygen atoms in total. The Morgan fingerprint density at radius 3 is 2.88 bits per heavy atom. The molecule has 0 spiro atoms. The zero-order chi connectivity index (χ0) is 12.1. The molecule has 1 heterocycles. The molecule has 1 N–H and O–H groups in total. The molecular formula is C10H12Cl2N2O2. The van der Waals surface area contributed by atoms with Crippen LogP contribution in [0.5, 0.6) is 0 Å². The van der Waals surface area contributed by atoms with Crippen LogP contribution >= 0.6 is 23.2 Å². The number of pyridine rings is 1. The van der Waals surface area contributed by atoms with Crippen LogP contribution in [0.4, 0.5) is 0 Å². The molecule has 0 bridgehead atoms. The van der Waals surface area contributed by atoms with Crippen molar-refractivity contribution in [1.29, 1.82) is 0 Å². The van der Waals surface area contributed by atoms with Gasteiger partial charge in [0.05, 0.1) is 17.2 Å². The van der Waals surface area contributed by atoms with Crippen molar-refractivity contribution in [1.82, 2.24) is 10.3 Å². The molecule has 0 aliphatic heterocycles. The summed E-state index contributed by atoms with van der Waals surface area (Å²) >= 11 is 11.4. The van der Waals surface area contributed by atoms with E-state index in [2.05, 4.69) is 10.3 Å². The number of rotatable bonds is 4. The van der Waals surface area contributed by atoms with Gasteiger partial charge in [-0.1, -0.05) is 23.2 Å². The summed E-state index contributed by atoms with van der Waals surface area (Å²) in [7, 11) is 1.57. The Morgan fingerprint density at radius 1 is 1.62 bits per heavy atom. The highest BCUT2D eigenvalue weighted by Crippen LogP contribution is 2.19. The Morgan fingerprint density at radius 2 is 2.31 bits per heavy atom. The number of halogens is 2. The van der Waals surface area contributed by atoms with Gasteiger partial charge in [0.1, 0.15) is 5.15 Å². The number of amides is 1. The molecule has 16 heavy (non-hydrogen) atoms. The van der Waals surface area contributed by atoms with Crippen molar-refractivity contribution in [3.05, 3.63) is 28.0 Å². The molecular weight excluding hydrogens is 251 g/mol. The van der Waals surface area contributed by atoms with Crippen molar-refractivity contribution in [2.45, 2.75) is 13.0 Å². The number of hydrogen-bond acceptors (Lipinski definition) is 3. The summed E-state index contributed by atoms with van der Waals surface area (Å²) in [4.78, 5) is 15.5. The number of carbonyl (C=O) groups is 1. The lowest BCUT2D eigenvalue weighted by Gasteiger charge is -2.12. The molecule has 0 saturated carbocycles. The smallest absolute Gasteiger partial charge is 0.253 e. The maximum atomic E-state index is 11.7. The lowest BCUT2D eigenvalue weighted by molar-refractivity contribution is 0.0905. The molecule has 1 atom stereocenters. The van der Waals surface area contributed by atoms with Gasteiger partial charge >= 0.3 is 0 Å². The molecule has 1 amide bonds. The van der Waals surface area contributed by atoms with Crippen molar-refractivity contribution in [3.63, 3.8) is 0 Å². The number of carbonyl (C=O) groups excluding carboxylic acids is 1. The fourth-order valence-corrected chi connectivity index (χ4v) is 1.41. The quantitative estimate of drug-likeness (QED) is 0.847. The lowest BCUT2D eigenvalue weighted by atomic mass is 10.2. The second kappa shape index (κ2) is 6.03. The van der Waals surface area contributed by atoms with Crippen molar-refractivity contribution < 1.29 is 9.53 Å². The fraction of sp³-hybridized carbons (Fsp3) is 0.400. The average Bonchev–Trinajstić information content (AvgIpc) is 2.22. The van der Waals surface area contributed by atoms with Gasteiger partial charge in [-0.3, -0.25) is 4.79 Å². The summed E-state index contributed by atoms with van der Waals surface area (Å²) in [5, 5.41) is 3.18. The Labute approximate surface area is 104 Å². The van der Waals surface area contributed by atoms with Crippen molar-refractivity contribution in [3.8, 4) is 0 Å². The molecule has 0 radical (unpaired) electrons. The normalized spacial score (nSPS) is 12.2. The van der Waals surface area contributed by atoms with E-state index in [4.69, 9.17) is 27.9 Å². The molecule has 6 heteroatoms. The highest BCUT2D eigenvalue weighted by atomic mass is 35.5. The van der Waals surface area contributed by atoms with Gasteiger partial charge in [0.15, 0.2) is 0 Å². The molecule has 1 aromatic heterocycles. The lowest BCUT2D eigenvalue weighted by Crippen LogP contribution is -2.35. The van der Waals surface area contributed by atoms with E-state index in [-0.39, 0.29) is 22.1 Å². The van der Waals surface area contributed by atoms with Crippen molar-refractivity contribution in [2.75, 3.05) is 13.7 Å². The average molecular weight is 263 g/mol. The van der Waals surface area contributed by atoms with Crippen LogP contribution in [0.15, 0.2) is 12.3 Å². The monoisotopic (exact) mass is 262 g/mol. The third kappa shape index (κ3) is 3.63. The van der Waals surface area contributed by atoms with Gasteiger partial charge < -0.3 is 10.1 Å². The first kappa shape index (κ1) is 13.2. The SMILES string of the molecule is COCC(C)NC(=O)c1cnc(Cl)c(Cl)c1. The first-order chi connectivity index (χ1) is 7.54. The summed E-state index contributed by atoms with van der Waals surface area (Å²) in [6.07, 6.45) is 1.38. The molecule has 0 saturated heterocycles. The van der Waals surface area contributed by atoms with E-state index in [9.17, 15) is 4.79 Å². The number of hydrogen-bond donors (Lipinski definition) is 1. The number of ether oxygens (including phenoxy) is 1. The Kier molecular flexibility index (Phi) is 4.99. The molecule has 0 aliphatic rings. The largest absolute Gasteiger partial charge is 0.383 e. The maximum absolute atomic E-state index is 11.7. The van der Waals surface area contributed by atoms with Crippen LogP contribution in [-0.4, -0.2) is 30.6 Å².